The lowest BCUT2D eigenvalue weighted by Gasteiger charge is -2.19. The lowest BCUT2D eigenvalue weighted by molar-refractivity contribution is -0.137. The van der Waals surface area contributed by atoms with Crippen molar-refractivity contribution in [1.29, 1.82) is 0 Å². The summed E-state index contributed by atoms with van der Waals surface area (Å²) in [5, 5.41) is 1.85. The zero-order valence-corrected chi connectivity index (χ0v) is 18.9. The minimum absolute atomic E-state index is 0.0164. The van der Waals surface area contributed by atoms with Crippen LogP contribution in [0.25, 0.3) is 0 Å². The molecule has 0 saturated carbocycles. The number of halogens is 4. The molecule has 10 heteroatoms. The molecule has 3 aromatic carbocycles. The number of anilines is 1. The van der Waals surface area contributed by atoms with E-state index in [2.05, 4.69) is 10.0 Å². The van der Waals surface area contributed by atoms with Crippen LogP contribution < -0.4 is 10.0 Å². The Morgan fingerprint density at radius 3 is 2.24 bits per heavy atom. The number of nitrogens with one attached hydrogen (secondary N) is 2. The highest BCUT2D eigenvalue weighted by Crippen LogP contribution is 2.36. The van der Waals surface area contributed by atoms with Crippen LogP contribution in [-0.2, 0) is 27.4 Å². The predicted octanol–water partition coefficient (Wildman–Crippen LogP) is 5.20. The molecule has 0 aliphatic rings. The fourth-order valence-electron chi connectivity index (χ4n) is 3.06. The molecule has 0 radical (unpaired) electrons. The van der Waals surface area contributed by atoms with Gasteiger partial charge >= 0.3 is 6.18 Å². The van der Waals surface area contributed by atoms with E-state index < -0.39 is 38.7 Å². The van der Waals surface area contributed by atoms with Gasteiger partial charge in [0.15, 0.2) is 0 Å². The Labute approximate surface area is 194 Å². The van der Waals surface area contributed by atoms with E-state index in [1.165, 1.54) is 18.2 Å². The molecule has 2 N–H and O–H groups in total. The zero-order chi connectivity index (χ0) is 24.2. The third-order valence-electron chi connectivity index (χ3n) is 4.77. The van der Waals surface area contributed by atoms with Gasteiger partial charge in [-0.25, -0.2) is 8.42 Å². The fraction of sp³-hybridized carbons (Fsp3) is 0.174. The van der Waals surface area contributed by atoms with Gasteiger partial charge in [-0.15, -0.1) is 0 Å². The van der Waals surface area contributed by atoms with Gasteiger partial charge < -0.3 is 5.32 Å². The zero-order valence-electron chi connectivity index (χ0n) is 17.4. The first-order chi connectivity index (χ1) is 15.5. The third kappa shape index (κ3) is 6.56. The van der Waals surface area contributed by atoms with Crippen molar-refractivity contribution in [3.8, 4) is 0 Å². The minimum atomic E-state index is -4.71. The number of alkyl halides is 3. The summed E-state index contributed by atoms with van der Waals surface area (Å²) in [4.78, 5) is 12.9. The molecule has 5 nitrogen and oxygen atoms in total. The van der Waals surface area contributed by atoms with Crippen LogP contribution in [0.4, 0.5) is 18.9 Å². The van der Waals surface area contributed by atoms with E-state index >= 15 is 0 Å². The number of carbonyl (C=O) groups is 1. The van der Waals surface area contributed by atoms with Crippen LogP contribution in [0.5, 0.6) is 0 Å². The van der Waals surface area contributed by atoms with Crippen LogP contribution in [0.1, 0.15) is 16.7 Å². The highest BCUT2D eigenvalue weighted by atomic mass is 35.5. The van der Waals surface area contributed by atoms with Crippen LogP contribution in [-0.4, -0.2) is 20.4 Å². The molecule has 3 aromatic rings. The molecule has 3 rings (SSSR count). The predicted molar refractivity (Wildman–Crippen MR) is 121 cm³/mol. The van der Waals surface area contributed by atoms with Crippen molar-refractivity contribution in [2.24, 2.45) is 0 Å². The number of benzene rings is 3. The van der Waals surface area contributed by atoms with Crippen LogP contribution in [0.15, 0.2) is 77.7 Å². The second kappa shape index (κ2) is 9.94. The number of amides is 1. The first-order valence-corrected chi connectivity index (χ1v) is 11.6. The van der Waals surface area contributed by atoms with Gasteiger partial charge in [0.25, 0.3) is 0 Å². The molecule has 0 heterocycles. The van der Waals surface area contributed by atoms with E-state index in [4.69, 9.17) is 11.6 Å². The summed E-state index contributed by atoms with van der Waals surface area (Å²) in [5.74, 6) is -0.815. The number of hydrogen-bond donors (Lipinski definition) is 2. The summed E-state index contributed by atoms with van der Waals surface area (Å²) in [7, 11) is -4.08. The quantitative estimate of drug-likeness (QED) is 0.472. The standard InChI is InChI=1S/C23H20ClF3N2O3S/c1-15-7-10-18(11-8-15)33(31,32)29-21(13-16-5-3-2-4-6-16)22(30)28-17-9-12-20(24)19(14-17)23(25,26)27/h2-12,14,21,29H,13H2,1H3,(H,28,30)/t21-/m1/s1. The summed E-state index contributed by atoms with van der Waals surface area (Å²) in [6.45, 7) is 1.80. The summed E-state index contributed by atoms with van der Waals surface area (Å²) < 4.78 is 67.6. The lowest BCUT2D eigenvalue weighted by Crippen LogP contribution is -2.45. The molecule has 1 amide bonds. The monoisotopic (exact) mass is 496 g/mol. The maximum Gasteiger partial charge on any atom is 0.417 e. The maximum absolute atomic E-state index is 13.2. The largest absolute Gasteiger partial charge is 0.417 e. The van der Waals surface area contributed by atoms with Gasteiger partial charge in [-0.05, 0) is 49.2 Å². The van der Waals surface area contributed by atoms with Crippen molar-refractivity contribution < 1.29 is 26.4 Å². The molecule has 0 aliphatic heterocycles. The Kier molecular flexibility index (Phi) is 7.46. The van der Waals surface area contributed by atoms with Gasteiger partial charge in [0.2, 0.25) is 15.9 Å². The molecule has 0 fully saturated rings. The van der Waals surface area contributed by atoms with Crippen molar-refractivity contribution in [2.75, 3.05) is 5.32 Å². The minimum Gasteiger partial charge on any atom is -0.325 e. The van der Waals surface area contributed by atoms with Gasteiger partial charge in [0, 0.05) is 5.69 Å². The summed E-state index contributed by atoms with van der Waals surface area (Å²) >= 11 is 5.63. The maximum atomic E-state index is 13.2. The SMILES string of the molecule is Cc1ccc(S(=O)(=O)N[C@H](Cc2ccccc2)C(=O)Nc2ccc(Cl)c(C(F)(F)F)c2)cc1. The average Bonchev–Trinajstić information content (AvgIpc) is 2.74. The third-order valence-corrected chi connectivity index (χ3v) is 6.58. The molecule has 0 bridgehead atoms. The second-order valence-corrected chi connectivity index (χ2v) is 9.48. The Bertz CT molecular complexity index is 1230. The number of carbonyl (C=O) groups excluding carboxylic acids is 1. The number of sulfonamides is 1. The first-order valence-electron chi connectivity index (χ1n) is 9.76. The van der Waals surface area contributed by atoms with Crippen molar-refractivity contribution in [3.63, 3.8) is 0 Å². The van der Waals surface area contributed by atoms with Gasteiger partial charge in [-0.2, -0.15) is 17.9 Å². The van der Waals surface area contributed by atoms with Crippen molar-refractivity contribution in [2.45, 2.75) is 30.5 Å². The molecule has 0 aliphatic carbocycles. The Morgan fingerprint density at radius 1 is 1.00 bits per heavy atom. The van der Waals surface area contributed by atoms with E-state index in [9.17, 15) is 26.4 Å². The molecule has 174 valence electrons. The lowest BCUT2D eigenvalue weighted by atomic mass is 10.1. The second-order valence-electron chi connectivity index (χ2n) is 7.36. The molecule has 33 heavy (non-hydrogen) atoms. The number of rotatable bonds is 7. The first kappa shape index (κ1) is 24.8. The summed E-state index contributed by atoms with van der Waals surface area (Å²) in [6.07, 6.45) is -4.73. The van der Waals surface area contributed by atoms with Crippen LogP contribution >= 0.6 is 11.6 Å². The van der Waals surface area contributed by atoms with Crippen LogP contribution in [0.2, 0.25) is 5.02 Å². The number of hydrogen-bond acceptors (Lipinski definition) is 3. The molecular formula is C23H20ClF3N2O3S. The highest BCUT2D eigenvalue weighted by Gasteiger charge is 2.34. The number of aryl methyl sites for hydroxylation is 1. The van der Waals surface area contributed by atoms with Gasteiger partial charge in [0.05, 0.1) is 15.5 Å². The van der Waals surface area contributed by atoms with Crippen LogP contribution in [0.3, 0.4) is 0 Å². The normalized spacial score (nSPS) is 12.9. The van der Waals surface area contributed by atoms with E-state index in [1.54, 1.807) is 49.4 Å². The van der Waals surface area contributed by atoms with Crippen molar-refractivity contribution in [1.82, 2.24) is 4.72 Å². The van der Waals surface area contributed by atoms with E-state index in [0.29, 0.717) is 11.6 Å². The fourth-order valence-corrected chi connectivity index (χ4v) is 4.48. The molecule has 0 spiro atoms. The van der Waals surface area contributed by atoms with Gasteiger partial charge in [0.1, 0.15) is 6.04 Å². The highest BCUT2D eigenvalue weighted by molar-refractivity contribution is 7.89. The van der Waals surface area contributed by atoms with Gasteiger partial charge in [-0.1, -0.05) is 59.6 Å². The topological polar surface area (TPSA) is 75.3 Å². The Balaban J connectivity index is 1.89. The van der Waals surface area contributed by atoms with E-state index in [1.807, 2.05) is 0 Å². The molecule has 0 unspecified atom stereocenters. The molecule has 1 atom stereocenters. The van der Waals surface area contributed by atoms with Crippen LogP contribution in [0, 0.1) is 6.92 Å². The molecular weight excluding hydrogens is 477 g/mol. The molecule has 0 saturated heterocycles. The van der Waals surface area contributed by atoms with Gasteiger partial charge in [-0.3, -0.25) is 4.79 Å². The summed E-state index contributed by atoms with van der Waals surface area (Å²) in [6, 6.07) is 16.3. The summed E-state index contributed by atoms with van der Waals surface area (Å²) in [5.41, 5.74) is 0.248. The molecule has 0 aromatic heterocycles. The Hall–Kier alpha value is -2.88. The Morgan fingerprint density at radius 2 is 1.64 bits per heavy atom. The van der Waals surface area contributed by atoms with E-state index in [-0.39, 0.29) is 17.0 Å². The smallest absolute Gasteiger partial charge is 0.325 e. The van der Waals surface area contributed by atoms with E-state index in [0.717, 1.165) is 11.6 Å². The van der Waals surface area contributed by atoms with Crippen molar-refractivity contribution >= 4 is 33.2 Å². The average molecular weight is 497 g/mol. The van der Waals surface area contributed by atoms with Crippen molar-refractivity contribution in [3.05, 3.63) is 94.5 Å².